The third kappa shape index (κ3) is 7.53. The number of halogens is 2. The summed E-state index contributed by atoms with van der Waals surface area (Å²) in [5.74, 6) is -0.628. The summed E-state index contributed by atoms with van der Waals surface area (Å²) in [6, 6.07) is 23.3. The van der Waals surface area contributed by atoms with Gasteiger partial charge in [-0.15, -0.1) is 5.06 Å². The van der Waals surface area contributed by atoms with E-state index in [2.05, 4.69) is 19.1 Å². The summed E-state index contributed by atoms with van der Waals surface area (Å²) in [6.45, 7) is 8.67. The number of likely N-dealkylation sites (N-methyl/N-ethyl adjacent to an activating group) is 1. The molecule has 0 spiro atoms. The van der Waals surface area contributed by atoms with Crippen LogP contribution < -0.4 is 0 Å². The van der Waals surface area contributed by atoms with Crippen LogP contribution in [0.3, 0.4) is 0 Å². The Balaban J connectivity index is 0.000000407. The van der Waals surface area contributed by atoms with Gasteiger partial charge in [-0.2, -0.15) is 13.5 Å². The normalized spacial score (nSPS) is 14.6. The Kier molecular flexibility index (Phi) is 11.6. The van der Waals surface area contributed by atoms with Gasteiger partial charge in [-0.3, -0.25) is 0 Å². The van der Waals surface area contributed by atoms with E-state index in [1.165, 1.54) is 5.56 Å². The number of benzene rings is 3. The van der Waals surface area contributed by atoms with Crippen molar-refractivity contribution in [2.75, 3.05) is 6.54 Å². The van der Waals surface area contributed by atoms with Crippen molar-refractivity contribution in [1.82, 2.24) is 5.06 Å². The van der Waals surface area contributed by atoms with Crippen LogP contribution in [0.15, 0.2) is 84.9 Å². The molecule has 4 rings (SSSR count). The van der Waals surface area contributed by atoms with Gasteiger partial charge in [0.25, 0.3) is 0 Å². The maximum Gasteiger partial charge on any atom is 0.155 e. The lowest BCUT2D eigenvalue weighted by Gasteiger charge is -2.21. The van der Waals surface area contributed by atoms with Gasteiger partial charge in [0.05, 0.1) is 11.6 Å². The Hall–Kier alpha value is -2.63. The molecule has 0 N–H and O–H groups in total. The smallest absolute Gasteiger partial charge is 0.155 e. The van der Waals surface area contributed by atoms with E-state index in [1.54, 1.807) is 5.06 Å². The van der Waals surface area contributed by atoms with Crippen LogP contribution in [0.5, 0.6) is 0 Å². The fourth-order valence-electron chi connectivity index (χ4n) is 2.97. The third-order valence-electron chi connectivity index (χ3n) is 4.42. The van der Waals surface area contributed by atoms with Crippen molar-refractivity contribution in [1.29, 1.82) is 0 Å². The van der Waals surface area contributed by atoms with E-state index in [0.717, 1.165) is 23.8 Å². The Morgan fingerprint density at radius 3 is 1.97 bits per heavy atom. The van der Waals surface area contributed by atoms with Crippen LogP contribution in [-0.2, 0) is 4.84 Å². The van der Waals surface area contributed by atoms with Crippen LogP contribution in [0, 0.1) is 18.6 Å². The second kappa shape index (κ2) is 13.6. The highest BCUT2D eigenvalue weighted by atomic mass is 32.1. The number of hydrogen-bond acceptors (Lipinski definition) is 2. The quantitative estimate of drug-likeness (QED) is 0.417. The van der Waals surface area contributed by atoms with E-state index in [-0.39, 0.29) is 25.1 Å². The molecular formula is C26H31F2NOS. The SMILES string of the molecule is CC.CCN1OC(c2cc(F)ccc2F)=CC1c1ccccc1.Cc1ccccc1.S. The molecule has 0 amide bonds. The molecule has 3 aromatic carbocycles. The van der Waals surface area contributed by atoms with E-state index in [1.807, 2.05) is 75.4 Å². The molecule has 0 saturated carbocycles. The molecule has 0 aromatic heterocycles. The zero-order chi connectivity index (χ0) is 21.9. The van der Waals surface area contributed by atoms with Crippen LogP contribution in [0.1, 0.15) is 43.5 Å². The van der Waals surface area contributed by atoms with Gasteiger partial charge < -0.3 is 4.84 Å². The predicted molar refractivity (Wildman–Crippen MR) is 130 cm³/mol. The van der Waals surface area contributed by atoms with E-state index >= 15 is 0 Å². The summed E-state index contributed by atoms with van der Waals surface area (Å²) in [7, 11) is 0. The molecule has 0 saturated heterocycles. The zero-order valence-corrected chi connectivity index (χ0v) is 19.5. The first kappa shape index (κ1) is 26.4. The Labute approximate surface area is 191 Å². The minimum Gasteiger partial charge on any atom is -0.405 e. The summed E-state index contributed by atoms with van der Waals surface area (Å²) in [5, 5.41) is 1.75. The largest absolute Gasteiger partial charge is 0.405 e. The molecule has 166 valence electrons. The van der Waals surface area contributed by atoms with Crippen LogP contribution in [-0.4, -0.2) is 11.6 Å². The van der Waals surface area contributed by atoms with E-state index in [9.17, 15) is 8.78 Å². The van der Waals surface area contributed by atoms with Gasteiger partial charge in [0.1, 0.15) is 11.6 Å². The first-order chi connectivity index (χ1) is 14.6. The standard InChI is InChI=1S/C17H15F2NO.C7H8.C2H6.H2S/c1-2-20-16(12-6-4-3-5-7-12)11-17(21-20)14-10-13(18)8-9-15(14)19;1-7-5-3-2-4-6-7;1-2;/h3-11,16H,2H2,1H3;2-6H,1H3;1-2H3;1H2. The van der Waals surface area contributed by atoms with Crippen LogP contribution in [0.25, 0.3) is 5.76 Å². The van der Waals surface area contributed by atoms with E-state index < -0.39 is 11.6 Å². The number of nitrogens with zero attached hydrogens (tertiary/aromatic N) is 1. The van der Waals surface area contributed by atoms with Crippen molar-refractivity contribution in [3.63, 3.8) is 0 Å². The molecule has 0 fully saturated rings. The van der Waals surface area contributed by atoms with Gasteiger partial charge in [-0.1, -0.05) is 80.1 Å². The molecule has 0 aliphatic carbocycles. The lowest BCUT2D eigenvalue weighted by Crippen LogP contribution is -2.22. The summed E-state index contributed by atoms with van der Waals surface area (Å²) in [4.78, 5) is 5.69. The van der Waals surface area contributed by atoms with Gasteiger partial charge in [-0.25, -0.2) is 8.78 Å². The van der Waals surface area contributed by atoms with Crippen molar-refractivity contribution in [2.24, 2.45) is 0 Å². The highest BCUT2D eigenvalue weighted by Crippen LogP contribution is 2.36. The molecule has 0 bridgehead atoms. The number of rotatable bonds is 3. The van der Waals surface area contributed by atoms with Crippen molar-refractivity contribution >= 4 is 19.3 Å². The topological polar surface area (TPSA) is 12.5 Å². The van der Waals surface area contributed by atoms with Gasteiger partial charge in [-0.05, 0) is 43.7 Å². The molecule has 1 unspecified atom stereocenters. The molecular weight excluding hydrogens is 412 g/mol. The van der Waals surface area contributed by atoms with Crippen molar-refractivity contribution in [3.8, 4) is 0 Å². The molecule has 3 aromatic rings. The van der Waals surface area contributed by atoms with Gasteiger partial charge in [0.15, 0.2) is 5.76 Å². The number of hydrogen-bond donors (Lipinski definition) is 0. The van der Waals surface area contributed by atoms with Crippen LogP contribution >= 0.6 is 13.5 Å². The highest BCUT2D eigenvalue weighted by Gasteiger charge is 2.29. The molecule has 2 nitrogen and oxygen atoms in total. The molecule has 1 aliphatic rings. The summed E-state index contributed by atoms with van der Waals surface area (Å²) >= 11 is 0. The Bertz CT molecular complexity index is 933. The first-order valence-electron chi connectivity index (χ1n) is 10.3. The van der Waals surface area contributed by atoms with Crippen molar-refractivity contribution in [2.45, 2.75) is 33.7 Å². The van der Waals surface area contributed by atoms with Crippen LogP contribution in [0.2, 0.25) is 0 Å². The van der Waals surface area contributed by atoms with Gasteiger partial charge in [0, 0.05) is 6.54 Å². The summed E-state index contributed by atoms with van der Waals surface area (Å²) < 4.78 is 27.2. The fraction of sp³-hybridized carbons (Fsp3) is 0.231. The maximum atomic E-state index is 13.9. The van der Waals surface area contributed by atoms with Gasteiger partial charge >= 0.3 is 0 Å². The average Bonchev–Trinajstić information content (AvgIpc) is 3.23. The molecule has 1 heterocycles. The van der Waals surface area contributed by atoms with E-state index in [4.69, 9.17) is 4.84 Å². The predicted octanol–water partition coefficient (Wildman–Crippen LogP) is 7.45. The Morgan fingerprint density at radius 1 is 0.871 bits per heavy atom. The number of aryl methyl sites for hydroxylation is 1. The second-order valence-corrected chi connectivity index (χ2v) is 6.49. The third-order valence-corrected chi connectivity index (χ3v) is 4.42. The lowest BCUT2D eigenvalue weighted by molar-refractivity contribution is -0.0878. The highest BCUT2D eigenvalue weighted by molar-refractivity contribution is 7.59. The average molecular weight is 444 g/mol. The van der Waals surface area contributed by atoms with Gasteiger partial charge in [0.2, 0.25) is 0 Å². The molecule has 31 heavy (non-hydrogen) atoms. The number of hydroxylamine groups is 2. The van der Waals surface area contributed by atoms with Crippen LogP contribution in [0.4, 0.5) is 8.78 Å². The van der Waals surface area contributed by atoms with E-state index in [0.29, 0.717) is 12.3 Å². The monoisotopic (exact) mass is 443 g/mol. The maximum absolute atomic E-state index is 13.9. The Morgan fingerprint density at radius 2 is 1.45 bits per heavy atom. The zero-order valence-electron chi connectivity index (χ0n) is 18.5. The fourth-order valence-corrected chi connectivity index (χ4v) is 2.97. The second-order valence-electron chi connectivity index (χ2n) is 6.49. The lowest BCUT2D eigenvalue weighted by atomic mass is 10.0. The first-order valence-corrected chi connectivity index (χ1v) is 10.3. The van der Waals surface area contributed by atoms with Crippen molar-refractivity contribution < 1.29 is 13.6 Å². The minimum atomic E-state index is -0.493. The molecule has 1 aliphatic heterocycles. The minimum absolute atomic E-state index is 0. The summed E-state index contributed by atoms with van der Waals surface area (Å²) in [5.41, 5.74) is 2.51. The molecule has 0 radical (unpaired) electrons. The van der Waals surface area contributed by atoms with Crippen molar-refractivity contribution in [3.05, 3.63) is 113 Å². The molecule has 1 atom stereocenters. The molecule has 5 heteroatoms. The summed E-state index contributed by atoms with van der Waals surface area (Å²) in [6.07, 6.45) is 1.82.